The summed E-state index contributed by atoms with van der Waals surface area (Å²) in [5.74, 6) is -7.41. The van der Waals surface area contributed by atoms with Gasteiger partial charge in [0.15, 0.2) is 5.78 Å². The molecular formula is C14H22N2O8. The average molecular weight is 346 g/mol. The fourth-order valence-corrected chi connectivity index (χ4v) is 1.99. The molecule has 10 heteroatoms. The lowest BCUT2D eigenvalue weighted by atomic mass is 9.90. The van der Waals surface area contributed by atoms with Crippen LogP contribution in [0, 0.1) is 11.8 Å². The highest BCUT2D eigenvalue weighted by Crippen LogP contribution is 2.15. The van der Waals surface area contributed by atoms with Crippen molar-refractivity contribution in [2.45, 2.75) is 45.2 Å². The smallest absolute Gasteiger partial charge is 0.307 e. The van der Waals surface area contributed by atoms with Gasteiger partial charge in [0.25, 0.3) is 0 Å². The average Bonchev–Trinajstić information content (AvgIpc) is 2.41. The van der Waals surface area contributed by atoms with Gasteiger partial charge in [-0.05, 0) is 5.92 Å². The zero-order valence-electron chi connectivity index (χ0n) is 13.4. The van der Waals surface area contributed by atoms with Crippen LogP contribution < -0.4 is 11.1 Å². The van der Waals surface area contributed by atoms with Gasteiger partial charge in [0.1, 0.15) is 0 Å². The first-order valence-electron chi connectivity index (χ1n) is 7.20. The van der Waals surface area contributed by atoms with Crippen molar-refractivity contribution in [2.75, 3.05) is 0 Å². The van der Waals surface area contributed by atoms with E-state index in [0.717, 1.165) is 0 Å². The Kier molecular flexibility index (Phi) is 8.61. The van der Waals surface area contributed by atoms with Crippen molar-refractivity contribution in [2.24, 2.45) is 17.6 Å². The second-order valence-electron chi connectivity index (χ2n) is 5.74. The molecule has 10 nitrogen and oxygen atoms in total. The monoisotopic (exact) mass is 346 g/mol. The molecule has 0 rings (SSSR count). The molecule has 0 aromatic rings. The zero-order valence-corrected chi connectivity index (χ0v) is 13.4. The number of amides is 1. The maximum Gasteiger partial charge on any atom is 0.307 e. The fraction of sp³-hybridized carbons (Fsp3) is 0.643. The van der Waals surface area contributed by atoms with Crippen LogP contribution in [0.25, 0.3) is 0 Å². The number of hydrogen-bond acceptors (Lipinski definition) is 6. The Morgan fingerprint density at radius 1 is 0.917 bits per heavy atom. The standard InChI is InChI=1S/C14H22N2O8/c1-6(2)12(16-13(22)8(15)5-11(20)21)9(17)3-7(14(23)24)4-10(18)19/h6-8,12H,3-5,15H2,1-2H3,(H,16,22)(H,18,19)(H,20,21)(H,23,24). The molecule has 0 heterocycles. The molecule has 6 N–H and O–H groups in total. The van der Waals surface area contributed by atoms with Gasteiger partial charge in [-0.1, -0.05) is 13.8 Å². The van der Waals surface area contributed by atoms with E-state index >= 15 is 0 Å². The number of nitrogens with two attached hydrogens (primary N) is 1. The number of hydrogen-bond donors (Lipinski definition) is 5. The number of carboxylic acids is 3. The number of carbonyl (C=O) groups is 5. The number of aliphatic carboxylic acids is 3. The summed E-state index contributed by atoms with van der Waals surface area (Å²) in [5, 5.41) is 28.6. The third-order valence-corrected chi connectivity index (χ3v) is 3.26. The van der Waals surface area contributed by atoms with Crippen LogP contribution in [-0.4, -0.2) is 57.0 Å². The minimum Gasteiger partial charge on any atom is -0.481 e. The van der Waals surface area contributed by atoms with Gasteiger partial charge in [-0.2, -0.15) is 0 Å². The lowest BCUT2D eigenvalue weighted by molar-refractivity contribution is -0.149. The molecule has 1 amide bonds. The molecular weight excluding hydrogens is 324 g/mol. The molecule has 0 saturated carbocycles. The van der Waals surface area contributed by atoms with Crippen molar-refractivity contribution < 1.29 is 39.3 Å². The second-order valence-corrected chi connectivity index (χ2v) is 5.74. The van der Waals surface area contributed by atoms with E-state index in [1.807, 2.05) is 0 Å². The van der Waals surface area contributed by atoms with Crippen LogP contribution in [0.1, 0.15) is 33.1 Å². The number of carboxylic acid groups (broad SMARTS) is 3. The molecule has 0 fully saturated rings. The molecule has 0 aromatic heterocycles. The molecule has 0 aromatic carbocycles. The summed E-state index contributed by atoms with van der Waals surface area (Å²) in [6.45, 7) is 3.19. The van der Waals surface area contributed by atoms with Crippen molar-refractivity contribution in [1.29, 1.82) is 0 Å². The normalized spacial score (nSPS) is 14.5. The van der Waals surface area contributed by atoms with Crippen molar-refractivity contribution in [1.82, 2.24) is 5.32 Å². The molecule has 0 aliphatic heterocycles. The summed E-state index contributed by atoms with van der Waals surface area (Å²) in [7, 11) is 0. The lowest BCUT2D eigenvalue weighted by Crippen LogP contribution is -2.51. The molecule has 136 valence electrons. The highest BCUT2D eigenvalue weighted by Gasteiger charge is 2.31. The maximum absolute atomic E-state index is 12.2. The van der Waals surface area contributed by atoms with Gasteiger partial charge in [0, 0.05) is 6.42 Å². The molecule has 3 unspecified atom stereocenters. The van der Waals surface area contributed by atoms with Crippen molar-refractivity contribution in [3.05, 3.63) is 0 Å². The third kappa shape index (κ3) is 7.68. The summed E-state index contributed by atoms with van der Waals surface area (Å²) >= 11 is 0. The highest BCUT2D eigenvalue weighted by atomic mass is 16.4. The first-order chi connectivity index (χ1) is 11.0. The SMILES string of the molecule is CC(C)C(NC(=O)C(N)CC(=O)O)C(=O)CC(CC(=O)O)C(=O)O. The van der Waals surface area contributed by atoms with Gasteiger partial charge in [0.05, 0.1) is 30.8 Å². The van der Waals surface area contributed by atoms with Gasteiger partial charge in [-0.25, -0.2) is 0 Å². The van der Waals surface area contributed by atoms with Crippen molar-refractivity contribution in [3.8, 4) is 0 Å². The van der Waals surface area contributed by atoms with Crippen LogP contribution in [0.2, 0.25) is 0 Å². The van der Waals surface area contributed by atoms with E-state index in [4.69, 9.17) is 21.1 Å². The molecule has 0 saturated heterocycles. The van der Waals surface area contributed by atoms with Gasteiger partial charge >= 0.3 is 17.9 Å². The summed E-state index contributed by atoms with van der Waals surface area (Å²) in [5.41, 5.74) is 5.41. The van der Waals surface area contributed by atoms with Gasteiger partial charge in [-0.3, -0.25) is 24.0 Å². The van der Waals surface area contributed by atoms with E-state index in [2.05, 4.69) is 5.32 Å². The molecule has 0 aliphatic carbocycles. The Morgan fingerprint density at radius 2 is 1.42 bits per heavy atom. The van der Waals surface area contributed by atoms with Crippen molar-refractivity contribution >= 4 is 29.6 Å². The first kappa shape index (κ1) is 21.5. The van der Waals surface area contributed by atoms with E-state index in [1.165, 1.54) is 0 Å². The Balaban J connectivity index is 5.00. The van der Waals surface area contributed by atoms with Crippen LogP contribution in [-0.2, 0) is 24.0 Å². The Labute approximate surface area is 138 Å². The number of nitrogens with one attached hydrogen (secondary N) is 1. The summed E-state index contributed by atoms with van der Waals surface area (Å²) in [4.78, 5) is 56.3. The van der Waals surface area contributed by atoms with Crippen molar-refractivity contribution in [3.63, 3.8) is 0 Å². The molecule has 0 aliphatic rings. The quantitative estimate of drug-likeness (QED) is 0.315. The van der Waals surface area contributed by atoms with Crippen LogP contribution >= 0.6 is 0 Å². The number of ketones is 1. The van der Waals surface area contributed by atoms with Crippen LogP contribution in [0.3, 0.4) is 0 Å². The predicted octanol–water partition coefficient (Wildman–Crippen LogP) is -0.936. The van der Waals surface area contributed by atoms with E-state index in [1.54, 1.807) is 13.8 Å². The molecule has 0 bridgehead atoms. The summed E-state index contributed by atoms with van der Waals surface area (Å²) in [6, 6.07) is -2.45. The summed E-state index contributed by atoms with van der Waals surface area (Å²) < 4.78 is 0. The Morgan fingerprint density at radius 3 is 1.79 bits per heavy atom. The van der Waals surface area contributed by atoms with Crippen LogP contribution in [0.4, 0.5) is 0 Å². The summed E-state index contributed by atoms with van der Waals surface area (Å²) in [6.07, 6.45) is -1.92. The minimum absolute atomic E-state index is 0.419. The van der Waals surface area contributed by atoms with Gasteiger partial charge < -0.3 is 26.4 Å². The van der Waals surface area contributed by atoms with E-state index in [9.17, 15) is 24.0 Å². The topological polar surface area (TPSA) is 184 Å². The first-order valence-corrected chi connectivity index (χ1v) is 7.20. The molecule has 0 spiro atoms. The predicted molar refractivity (Wildman–Crippen MR) is 80.0 cm³/mol. The maximum atomic E-state index is 12.2. The van der Waals surface area contributed by atoms with E-state index < -0.39 is 72.8 Å². The Bertz CT molecular complexity index is 517. The fourth-order valence-electron chi connectivity index (χ4n) is 1.99. The number of rotatable bonds is 11. The highest BCUT2D eigenvalue weighted by molar-refractivity contribution is 5.94. The van der Waals surface area contributed by atoms with Gasteiger partial charge in [-0.15, -0.1) is 0 Å². The minimum atomic E-state index is -1.43. The lowest BCUT2D eigenvalue weighted by Gasteiger charge is -2.23. The zero-order chi connectivity index (χ0) is 19.0. The number of Topliss-reactive ketones (excluding diaryl/α,β-unsaturated/α-hetero) is 1. The van der Waals surface area contributed by atoms with Crippen LogP contribution in [0.15, 0.2) is 0 Å². The second kappa shape index (κ2) is 9.60. The third-order valence-electron chi connectivity index (χ3n) is 3.26. The largest absolute Gasteiger partial charge is 0.481 e. The van der Waals surface area contributed by atoms with Gasteiger partial charge in [0.2, 0.25) is 5.91 Å². The Hall–Kier alpha value is -2.49. The molecule has 3 atom stereocenters. The molecule has 24 heavy (non-hydrogen) atoms. The van der Waals surface area contributed by atoms with E-state index in [0.29, 0.717) is 0 Å². The molecule has 0 radical (unpaired) electrons. The number of carbonyl (C=O) groups excluding carboxylic acids is 2. The van der Waals surface area contributed by atoms with E-state index in [-0.39, 0.29) is 0 Å². The van der Waals surface area contributed by atoms with Crippen LogP contribution in [0.5, 0.6) is 0 Å².